The SMILES string of the molecule is CC(C)N1C(=O)CN(C(CC(=O)OC(=O)C(F)(F)F)c2ccccc2)C(=O)c2cc(CCCCCN)ccc21. The fraction of sp³-hybridized carbons (Fsp3) is 0.429. The van der Waals surface area contributed by atoms with E-state index in [-0.39, 0.29) is 11.6 Å². The molecule has 1 atom stereocenters. The quantitative estimate of drug-likeness (QED) is 0.270. The molecule has 210 valence electrons. The molecule has 2 N–H and O–H groups in total. The normalized spacial score (nSPS) is 14.7. The molecule has 2 amide bonds. The Morgan fingerprint density at radius 2 is 1.72 bits per heavy atom. The number of rotatable bonds is 10. The van der Waals surface area contributed by atoms with Gasteiger partial charge in [0.25, 0.3) is 5.91 Å². The number of nitrogens with zero attached hydrogens (tertiary/aromatic N) is 2. The van der Waals surface area contributed by atoms with E-state index in [1.807, 2.05) is 6.07 Å². The maximum absolute atomic E-state index is 14.0. The predicted molar refractivity (Wildman–Crippen MR) is 138 cm³/mol. The van der Waals surface area contributed by atoms with E-state index in [2.05, 4.69) is 4.74 Å². The lowest BCUT2D eigenvalue weighted by Crippen LogP contribution is -2.44. The van der Waals surface area contributed by atoms with Crippen molar-refractivity contribution in [3.05, 3.63) is 65.2 Å². The fourth-order valence-corrected chi connectivity index (χ4v) is 4.61. The maximum atomic E-state index is 14.0. The van der Waals surface area contributed by atoms with Crippen molar-refractivity contribution in [2.24, 2.45) is 5.73 Å². The zero-order chi connectivity index (χ0) is 28.7. The van der Waals surface area contributed by atoms with Crippen LogP contribution in [0.4, 0.5) is 18.9 Å². The first-order chi connectivity index (χ1) is 18.4. The number of halogens is 3. The van der Waals surface area contributed by atoms with E-state index in [0.717, 1.165) is 29.7 Å². The molecule has 1 heterocycles. The maximum Gasteiger partial charge on any atom is 0.491 e. The van der Waals surface area contributed by atoms with Crippen molar-refractivity contribution in [2.75, 3.05) is 18.0 Å². The first-order valence-electron chi connectivity index (χ1n) is 12.8. The zero-order valence-electron chi connectivity index (χ0n) is 21.9. The molecule has 1 aliphatic rings. The lowest BCUT2D eigenvalue weighted by Gasteiger charge is -2.30. The minimum atomic E-state index is -5.36. The van der Waals surface area contributed by atoms with E-state index < -0.39 is 48.9 Å². The molecule has 0 bridgehead atoms. The van der Waals surface area contributed by atoms with Crippen molar-refractivity contribution >= 4 is 29.4 Å². The standard InChI is InChI=1S/C28H32F3N3O5/c1-18(2)34-22-13-12-19(9-5-4-8-14-32)15-21(22)26(37)33(17-24(34)35)23(20-10-6-3-7-11-20)16-25(36)39-27(38)28(29,30)31/h3,6-7,10-13,15,18,23H,4-5,8-9,14,16-17,32H2,1-2H3. The molecular formula is C28H32F3N3O5. The molecule has 1 unspecified atom stereocenters. The summed E-state index contributed by atoms with van der Waals surface area (Å²) in [5.74, 6) is -5.10. The van der Waals surface area contributed by atoms with Crippen molar-refractivity contribution in [1.82, 2.24) is 4.90 Å². The van der Waals surface area contributed by atoms with Crippen LogP contribution in [0.25, 0.3) is 0 Å². The number of nitrogens with two attached hydrogens (primary N) is 1. The van der Waals surface area contributed by atoms with E-state index >= 15 is 0 Å². The highest BCUT2D eigenvalue weighted by Crippen LogP contribution is 2.34. The van der Waals surface area contributed by atoms with Gasteiger partial charge in [0.05, 0.1) is 23.7 Å². The number of anilines is 1. The number of ether oxygens (including phenoxy) is 1. The molecule has 39 heavy (non-hydrogen) atoms. The second kappa shape index (κ2) is 12.9. The Morgan fingerprint density at radius 3 is 2.33 bits per heavy atom. The summed E-state index contributed by atoms with van der Waals surface area (Å²) in [6.45, 7) is 3.76. The fourth-order valence-electron chi connectivity index (χ4n) is 4.61. The van der Waals surface area contributed by atoms with Crippen LogP contribution in [0.1, 0.15) is 67.1 Å². The van der Waals surface area contributed by atoms with Crippen molar-refractivity contribution < 1.29 is 37.1 Å². The summed E-state index contributed by atoms with van der Waals surface area (Å²) >= 11 is 0. The Hall–Kier alpha value is -3.73. The number of hydrogen-bond donors (Lipinski definition) is 1. The minimum Gasteiger partial charge on any atom is -0.386 e. The first-order valence-corrected chi connectivity index (χ1v) is 12.8. The third-order valence-corrected chi connectivity index (χ3v) is 6.43. The van der Waals surface area contributed by atoms with Crippen LogP contribution in [0.5, 0.6) is 0 Å². The lowest BCUT2D eigenvalue weighted by atomic mass is 9.99. The number of unbranched alkanes of at least 4 members (excludes halogenated alkanes) is 2. The van der Waals surface area contributed by atoms with Gasteiger partial charge in [0.1, 0.15) is 6.54 Å². The van der Waals surface area contributed by atoms with Gasteiger partial charge < -0.3 is 20.3 Å². The highest BCUT2D eigenvalue weighted by atomic mass is 19.4. The highest BCUT2D eigenvalue weighted by Gasteiger charge is 2.43. The third kappa shape index (κ3) is 7.44. The van der Waals surface area contributed by atoms with Gasteiger partial charge in [-0.3, -0.25) is 14.4 Å². The number of esters is 2. The summed E-state index contributed by atoms with van der Waals surface area (Å²) < 4.78 is 42.1. The van der Waals surface area contributed by atoms with Crippen LogP contribution >= 0.6 is 0 Å². The molecule has 0 aliphatic carbocycles. The second-order valence-electron chi connectivity index (χ2n) is 9.63. The molecule has 11 heteroatoms. The Balaban J connectivity index is 2.02. The number of hydrogen-bond acceptors (Lipinski definition) is 6. The van der Waals surface area contributed by atoms with Gasteiger partial charge in [-0.2, -0.15) is 13.2 Å². The van der Waals surface area contributed by atoms with Gasteiger partial charge in [-0.05, 0) is 62.9 Å². The topological polar surface area (TPSA) is 110 Å². The summed E-state index contributed by atoms with van der Waals surface area (Å²) in [7, 11) is 0. The molecule has 0 spiro atoms. The number of fused-ring (bicyclic) bond motifs is 1. The van der Waals surface area contributed by atoms with Crippen molar-refractivity contribution in [3.63, 3.8) is 0 Å². The summed E-state index contributed by atoms with van der Waals surface area (Å²) in [5.41, 5.74) is 7.50. The molecule has 0 fully saturated rings. The lowest BCUT2D eigenvalue weighted by molar-refractivity contribution is -0.202. The van der Waals surface area contributed by atoms with Crippen LogP contribution < -0.4 is 10.6 Å². The molecule has 1 aliphatic heterocycles. The number of aryl methyl sites for hydroxylation is 1. The van der Waals surface area contributed by atoms with Crippen LogP contribution in [0.15, 0.2) is 48.5 Å². The molecule has 0 saturated heterocycles. The van der Waals surface area contributed by atoms with Crippen molar-refractivity contribution in [3.8, 4) is 0 Å². The van der Waals surface area contributed by atoms with Gasteiger partial charge in [0.2, 0.25) is 5.91 Å². The van der Waals surface area contributed by atoms with E-state index in [4.69, 9.17) is 5.73 Å². The van der Waals surface area contributed by atoms with Gasteiger partial charge in [-0.25, -0.2) is 4.79 Å². The van der Waals surface area contributed by atoms with Gasteiger partial charge in [0, 0.05) is 6.04 Å². The average Bonchev–Trinajstić information content (AvgIpc) is 2.99. The van der Waals surface area contributed by atoms with Crippen LogP contribution in [0.3, 0.4) is 0 Å². The molecular weight excluding hydrogens is 515 g/mol. The summed E-state index contributed by atoms with van der Waals surface area (Å²) in [4.78, 5) is 53.8. The summed E-state index contributed by atoms with van der Waals surface area (Å²) in [6, 6.07) is 12.0. The van der Waals surface area contributed by atoms with Crippen LogP contribution in [0.2, 0.25) is 0 Å². The molecule has 8 nitrogen and oxygen atoms in total. The Morgan fingerprint density at radius 1 is 1.03 bits per heavy atom. The molecule has 2 aromatic carbocycles. The monoisotopic (exact) mass is 547 g/mol. The number of benzene rings is 2. The smallest absolute Gasteiger partial charge is 0.386 e. The van der Waals surface area contributed by atoms with Crippen LogP contribution in [-0.2, 0) is 25.5 Å². The largest absolute Gasteiger partial charge is 0.491 e. The first kappa shape index (κ1) is 29.8. The highest BCUT2D eigenvalue weighted by molar-refractivity contribution is 6.10. The number of carbonyl (C=O) groups excluding carboxylic acids is 4. The van der Waals surface area contributed by atoms with E-state index in [9.17, 15) is 32.3 Å². The van der Waals surface area contributed by atoms with Crippen molar-refractivity contribution in [2.45, 2.75) is 64.2 Å². The van der Waals surface area contributed by atoms with Gasteiger partial charge in [-0.15, -0.1) is 0 Å². The zero-order valence-corrected chi connectivity index (χ0v) is 21.9. The molecule has 0 radical (unpaired) electrons. The third-order valence-electron chi connectivity index (χ3n) is 6.43. The van der Waals surface area contributed by atoms with E-state index in [1.165, 1.54) is 4.90 Å². The van der Waals surface area contributed by atoms with E-state index in [0.29, 0.717) is 24.2 Å². The average molecular weight is 548 g/mol. The number of amides is 2. The Kier molecular flexibility index (Phi) is 9.85. The van der Waals surface area contributed by atoms with Gasteiger partial charge in [0.15, 0.2) is 0 Å². The van der Waals surface area contributed by atoms with Gasteiger partial charge >= 0.3 is 18.1 Å². The molecule has 0 saturated carbocycles. The van der Waals surface area contributed by atoms with Crippen molar-refractivity contribution in [1.29, 1.82) is 0 Å². The van der Waals surface area contributed by atoms with E-state index in [1.54, 1.807) is 56.3 Å². The summed E-state index contributed by atoms with van der Waals surface area (Å²) in [5, 5.41) is 0. The second-order valence-corrected chi connectivity index (χ2v) is 9.63. The van der Waals surface area contributed by atoms with Crippen LogP contribution in [0, 0.1) is 0 Å². The minimum absolute atomic E-state index is 0.242. The summed E-state index contributed by atoms with van der Waals surface area (Å²) in [6.07, 6.45) is -2.79. The molecule has 3 rings (SSSR count). The Bertz CT molecular complexity index is 1200. The molecule has 2 aromatic rings. The molecule has 0 aromatic heterocycles. The van der Waals surface area contributed by atoms with Crippen LogP contribution in [-0.4, -0.2) is 54.0 Å². The number of alkyl halides is 3. The van der Waals surface area contributed by atoms with Gasteiger partial charge in [-0.1, -0.05) is 42.8 Å². The number of carbonyl (C=O) groups is 4. The Labute approximate surface area is 224 Å². The predicted octanol–water partition coefficient (Wildman–Crippen LogP) is 4.32.